The topological polar surface area (TPSA) is 78.5 Å². The van der Waals surface area contributed by atoms with Crippen molar-refractivity contribution < 1.29 is 14.4 Å². The summed E-state index contributed by atoms with van der Waals surface area (Å²) in [5.41, 5.74) is 0.558. The van der Waals surface area contributed by atoms with Crippen LogP contribution in [0.1, 0.15) is 30.1 Å². The molecule has 1 aromatic rings. The second kappa shape index (κ2) is 8.68. The van der Waals surface area contributed by atoms with E-state index in [1.54, 1.807) is 29.2 Å². The second-order valence-corrected chi connectivity index (χ2v) is 6.20. The summed E-state index contributed by atoms with van der Waals surface area (Å²) in [7, 11) is 0. The first-order valence-electron chi connectivity index (χ1n) is 8.10. The number of piperidine rings is 1. The number of hydrogen-bond donors (Lipinski definition) is 2. The normalized spacial score (nSPS) is 17.2. The van der Waals surface area contributed by atoms with Crippen LogP contribution in [0.15, 0.2) is 24.3 Å². The van der Waals surface area contributed by atoms with Crippen molar-refractivity contribution in [3.8, 4) is 0 Å². The number of carbonyl (C=O) groups excluding carboxylic acids is 3. The molecule has 1 fully saturated rings. The van der Waals surface area contributed by atoms with Gasteiger partial charge in [0.2, 0.25) is 11.8 Å². The smallest absolute Gasteiger partial charge is 0.253 e. The van der Waals surface area contributed by atoms with Crippen molar-refractivity contribution in [2.75, 3.05) is 26.2 Å². The van der Waals surface area contributed by atoms with Crippen molar-refractivity contribution in [2.24, 2.45) is 5.92 Å². The molecule has 2 N–H and O–H groups in total. The van der Waals surface area contributed by atoms with Gasteiger partial charge in [-0.25, -0.2) is 0 Å². The average molecular weight is 352 g/mol. The zero-order chi connectivity index (χ0) is 17.5. The molecule has 130 valence electrons. The Labute approximate surface area is 146 Å². The first-order chi connectivity index (χ1) is 11.5. The van der Waals surface area contributed by atoms with E-state index in [9.17, 15) is 14.4 Å². The Balaban J connectivity index is 1.91. The van der Waals surface area contributed by atoms with Crippen molar-refractivity contribution in [3.05, 3.63) is 34.9 Å². The summed E-state index contributed by atoms with van der Waals surface area (Å²) in [6.45, 7) is 3.31. The van der Waals surface area contributed by atoms with Crippen LogP contribution in [0.25, 0.3) is 0 Å². The van der Waals surface area contributed by atoms with E-state index in [1.807, 2.05) is 6.92 Å². The highest BCUT2D eigenvalue weighted by Crippen LogP contribution is 2.19. The number of halogens is 1. The number of rotatable bonds is 5. The van der Waals surface area contributed by atoms with E-state index >= 15 is 0 Å². The number of likely N-dealkylation sites (N-methyl/N-ethyl adjacent to an activating group) is 1. The maximum Gasteiger partial charge on any atom is 0.253 e. The number of hydrogen-bond acceptors (Lipinski definition) is 3. The molecule has 7 heteroatoms. The Morgan fingerprint density at radius 3 is 2.58 bits per heavy atom. The molecule has 1 atom stereocenters. The van der Waals surface area contributed by atoms with Crippen molar-refractivity contribution in [1.29, 1.82) is 0 Å². The SMILES string of the molecule is CCNC(=O)CNC(=O)C1CCCN(C(=O)c2ccc(Cl)cc2)C1. The molecule has 0 aromatic heterocycles. The van der Waals surface area contributed by atoms with Gasteiger partial charge < -0.3 is 15.5 Å². The van der Waals surface area contributed by atoms with Crippen LogP contribution in [0.5, 0.6) is 0 Å². The van der Waals surface area contributed by atoms with Crippen molar-refractivity contribution in [2.45, 2.75) is 19.8 Å². The maximum absolute atomic E-state index is 12.5. The third kappa shape index (κ3) is 4.96. The first kappa shape index (κ1) is 18.3. The standard InChI is InChI=1S/C17H22ClN3O3/c1-2-19-15(22)10-20-16(23)13-4-3-9-21(11-13)17(24)12-5-7-14(18)8-6-12/h5-8,13H,2-4,9-11H2,1H3,(H,19,22)(H,20,23). The summed E-state index contributed by atoms with van der Waals surface area (Å²) in [6, 6.07) is 6.72. The molecule has 1 saturated heterocycles. The second-order valence-electron chi connectivity index (χ2n) is 5.77. The van der Waals surface area contributed by atoms with Gasteiger partial charge >= 0.3 is 0 Å². The van der Waals surface area contributed by atoms with Crippen molar-refractivity contribution in [1.82, 2.24) is 15.5 Å². The Hall–Kier alpha value is -2.08. The molecule has 1 aliphatic heterocycles. The molecule has 1 aromatic carbocycles. The van der Waals surface area contributed by atoms with Gasteiger partial charge in [0.25, 0.3) is 5.91 Å². The lowest BCUT2D eigenvalue weighted by atomic mass is 9.96. The van der Waals surface area contributed by atoms with Gasteiger partial charge in [-0.05, 0) is 44.0 Å². The molecule has 1 unspecified atom stereocenters. The zero-order valence-corrected chi connectivity index (χ0v) is 14.4. The van der Waals surface area contributed by atoms with Gasteiger partial charge in [0, 0.05) is 30.2 Å². The van der Waals surface area contributed by atoms with Gasteiger partial charge in [0.1, 0.15) is 0 Å². The van der Waals surface area contributed by atoms with Gasteiger partial charge in [0.05, 0.1) is 12.5 Å². The predicted octanol–water partition coefficient (Wildman–Crippen LogP) is 1.44. The maximum atomic E-state index is 12.5. The third-order valence-electron chi connectivity index (χ3n) is 3.97. The van der Waals surface area contributed by atoms with Gasteiger partial charge in [-0.2, -0.15) is 0 Å². The van der Waals surface area contributed by atoms with E-state index in [0.29, 0.717) is 36.6 Å². The Morgan fingerprint density at radius 1 is 1.21 bits per heavy atom. The van der Waals surface area contributed by atoms with Crippen LogP contribution < -0.4 is 10.6 Å². The zero-order valence-electron chi connectivity index (χ0n) is 13.7. The lowest BCUT2D eigenvalue weighted by Gasteiger charge is -2.32. The van der Waals surface area contributed by atoms with Crippen molar-refractivity contribution >= 4 is 29.3 Å². The molecule has 0 bridgehead atoms. The molecular weight excluding hydrogens is 330 g/mol. The van der Waals surface area contributed by atoms with E-state index in [4.69, 9.17) is 11.6 Å². The van der Waals surface area contributed by atoms with Crippen LogP contribution >= 0.6 is 11.6 Å². The summed E-state index contributed by atoms with van der Waals surface area (Å²) >= 11 is 5.84. The molecule has 1 aliphatic rings. The fourth-order valence-corrected chi connectivity index (χ4v) is 2.85. The molecule has 0 spiro atoms. The van der Waals surface area contributed by atoms with Crippen LogP contribution in [-0.2, 0) is 9.59 Å². The lowest BCUT2D eigenvalue weighted by molar-refractivity contribution is -0.129. The summed E-state index contributed by atoms with van der Waals surface area (Å²) < 4.78 is 0. The van der Waals surface area contributed by atoms with Crippen LogP contribution in [0.4, 0.5) is 0 Å². The Kier molecular flexibility index (Phi) is 6.61. The van der Waals surface area contributed by atoms with E-state index in [1.165, 1.54) is 0 Å². The van der Waals surface area contributed by atoms with Crippen LogP contribution in [-0.4, -0.2) is 48.8 Å². The highest BCUT2D eigenvalue weighted by atomic mass is 35.5. The number of carbonyl (C=O) groups is 3. The molecule has 24 heavy (non-hydrogen) atoms. The predicted molar refractivity (Wildman–Crippen MR) is 91.8 cm³/mol. The lowest BCUT2D eigenvalue weighted by Crippen LogP contribution is -2.47. The van der Waals surface area contributed by atoms with Crippen LogP contribution in [0, 0.1) is 5.92 Å². The third-order valence-corrected chi connectivity index (χ3v) is 4.22. The fourth-order valence-electron chi connectivity index (χ4n) is 2.72. The van der Waals surface area contributed by atoms with Gasteiger partial charge in [0.15, 0.2) is 0 Å². The Bertz CT molecular complexity index is 604. The molecule has 0 radical (unpaired) electrons. The molecule has 2 rings (SSSR count). The first-order valence-corrected chi connectivity index (χ1v) is 8.48. The molecule has 3 amide bonds. The highest BCUT2D eigenvalue weighted by molar-refractivity contribution is 6.30. The number of nitrogens with zero attached hydrogens (tertiary/aromatic N) is 1. The molecule has 0 aliphatic carbocycles. The molecule has 1 heterocycles. The Morgan fingerprint density at radius 2 is 1.92 bits per heavy atom. The molecule has 6 nitrogen and oxygen atoms in total. The monoisotopic (exact) mass is 351 g/mol. The van der Waals surface area contributed by atoms with E-state index in [2.05, 4.69) is 10.6 Å². The molecular formula is C17H22ClN3O3. The van der Waals surface area contributed by atoms with Gasteiger partial charge in [-0.1, -0.05) is 11.6 Å². The van der Waals surface area contributed by atoms with E-state index in [-0.39, 0.29) is 30.2 Å². The largest absolute Gasteiger partial charge is 0.355 e. The number of likely N-dealkylation sites (tertiary alicyclic amines) is 1. The fraction of sp³-hybridized carbons (Fsp3) is 0.471. The quantitative estimate of drug-likeness (QED) is 0.842. The summed E-state index contributed by atoms with van der Waals surface area (Å²) in [5.74, 6) is -0.789. The van der Waals surface area contributed by atoms with E-state index < -0.39 is 0 Å². The average Bonchev–Trinajstić information content (AvgIpc) is 2.60. The number of nitrogens with one attached hydrogen (secondary N) is 2. The minimum Gasteiger partial charge on any atom is -0.355 e. The van der Waals surface area contributed by atoms with Gasteiger partial charge in [-0.3, -0.25) is 14.4 Å². The van der Waals surface area contributed by atoms with Crippen molar-refractivity contribution in [3.63, 3.8) is 0 Å². The minimum atomic E-state index is -0.288. The molecule has 0 saturated carbocycles. The summed E-state index contributed by atoms with van der Waals surface area (Å²) in [5, 5.41) is 5.84. The number of amides is 3. The van der Waals surface area contributed by atoms with Crippen LogP contribution in [0.2, 0.25) is 5.02 Å². The summed E-state index contributed by atoms with van der Waals surface area (Å²) in [4.78, 5) is 37.8. The highest BCUT2D eigenvalue weighted by Gasteiger charge is 2.29. The summed E-state index contributed by atoms with van der Waals surface area (Å²) in [6.07, 6.45) is 1.48. The van der Waals surface area contributed by atoms with Gasteiger partial charge in [-0.15, -0.1) is 0 Å². The van der Waals surface area contributed by atoms with Crippen LogP contribution in [0.3, 0.4) is 0 Å². The number of benzene rings is 1. The van der Waals surface area contributed by atoms with E-state index in [0.717, 1.165) is 6.42 Å². The minimum absolute atomic E-state index is 0.0334.